The molecule has 0 amide bonds. The Labute approximate surface area is 132 Å². The van der Waals surface area contributed by atoms with Gasteiger partial charge in [0.15, 0.2) is 5.82 Å². The summed E-state index contributed by atoms with van der Waals surface area (Å²) in [5.74, 6) is 1.62. The highest BCUT2D eigenvalue weighted by Gasteiger charge is 2.38. The molecule has 0 radical (unpaired) electrons. The Bertz CT molecular complexity index is 634. The normalized spacial score (nSPS) is 24.1. The van der Waals surface area contributed by atoms with Gasteiger partial charge in [-0.3, -0.25) is 0 Å². The van der Waals surface area contributed by atoms with Gasteiger partial charge >= 0.3 is 0 Å². The summed E-state index contributed by atoms with van der Waals surface area (Å²) in [5.41, 5.74) is 0.999. The van der Waals surface area contributed by atoms with Crippen molar-refractivity contribution >= 4 is 27.3 Å². The average molecular weight is 351 g/mol. The molecule has 1 aliphatic carbocycles. The lowest BCUT2D eigenvalue weighted by Crippen LogP contribution is -2.40. The first-order valence-corrected chi connectivity index (χ1v) is 8.48. The maximum absolute atomic E-state index is 6.01. The van der Waals surface area contributed by atoms with E-state index in [1.54, 1.807) is 6.20 Å². The minimum atomic E-state index is 0.315. The smallest absolute Gasteiger partial charge is 0.153 e. The predicted molar refractivity (Wildman–Crippen MR) is 84.4 cm³/mol. The molecule has 5 nitrogen and oxygen atoms in total. The van der Waals surface area contributed by atoms with Gasteiger partial charge in [-0.25, -0.2) is 9.50 Å². The maximum atomic E-state index is 6.01. The third-order valence-electron chi connectivity index (χ3n) is 4.44. The van der Waals surface area contributed by atoms with E-state index in [1.165, 1.54) is 25.7 Å². The molecule has 1 aliphatic heterocycles. The Hall–Kier alpha value is -1.14. The van der Waals surface area contributed by atoms with Crippen LogP contribution in [0.5, 0.6) is 0 Å². The second-order valence-corrected chi connectivity index (χ2v) is 6.83. The van der Waals surface area contributed by atoms with Crippen LogP contribution in [0.2, 0.25) is 0 Å². The molecule has 1 saturated heterocycles. The lowest BCUT2D eigenvalue weighted by molar-refractivity contribution is 0.000644. The molecule has 0 spiro atoms. The van der Waals surface area contributed by atoms with Crippen LogP contribution in [0.1, 0.15) is 32.1 Å². The standard InChI is InChI=1S/C15H19BrN4O/c16-11-9-18-20-7-6-17-15(14(11)20)19-13(10-4-5-10)12-3-1-2-8-21-12/h6-7,9-10,12-13H,1-5,8H2,(H,17,19). The van der Waals surface area contributed by atoms with Gasteiger partial charge in [-0.15, -0.1) is 0 Å². The van der Waals surface area contributed by atoms with Crippen molar-refractivity contribution in [3.63, 3.8) is 0 Å². The van der Waals surface area contributed by atoms with Gasteiger partial charge in [-0.05, 0) is 54.0 Å². The van der Waals surface area contributed by atoms with Crippen molar-refractivity contribution < 1.29 is 4.74 Å². The highest BCUT2D eigenvalue weighted by atomic mass is 79.9. The molecule has 0 bridgehead atoms. The molecule has 6 heteroatoms. The number of anilines is 1. The first kappa shape index (κ1) is 13.5. The topological polar surface area (TPSA) is 51.5 Å². The average Bonchev–Trinajstić information content (AvgIpc) is 3.29. The first-order valence-electron chi connectivity index (χ1n) is 7.69. The highest BCUT2D eigenvalue weighted by molar-refractivity contribution is 9.10. The molecule has 2 aromatic heterocycles. The molecular weight excluding hydrogens is 332 g/mol. The van der Waals surface area contributed by atoms with Crippen LogP contribution in [0.4, 0.5) is 5.82 Å². The third kappa shape index (κ3) is 2.66. The fourth-order valence-corrected chi connectivity index (χ4v) is 3.65. The highest BCUT2D eigenvalue weighted by Crippen LogP contribution is 2.39. The van der Waals surface area contributed by atoms with Crippen LogP contribution in [0.15, 0.2) is 23.1 Å². The van der Waals surface area contributed by atoms with E-state index in [1.807, 2.05) is 16.9 Å². The molecule has 1 N–H and O–H groups in total. The van der Waals surface area contributed by atoms with Gasteiger partial charge in [0.2, 0.25) is 0 Å². The Morgan fingerprint density at radius 2 is 2.24 bits per heavy atom. The number of hydrogen-bond acceptors (Lipinski definition) is 4. The fourth-order valence-electron chi connectivity index (χ4n) is 3.19. The fraction of sp³-hybridized carbons (Fsp3) is 0.600. The number of halogens is 1. The van der Waals surface area contributed by atoms with Crippen LogP contribution in [0.3, 0.4) is 0 Å². The molecule has 2 aromatic rings. The van der Waals surface area contributed by atoms with E-state index in [4.69, 9.17) is 4.74 Å². The van der Waals surface area contributed by atoms with Gasteiger partial charge in [0.25, 0.3) is 0 Å². The van der Waals surface area contributed by atoms with Crippen LogP contribution in [-0.4, -0.2) is 33.4 Å². The van der Waals surface area contributed by atoms with Gasteiger partial charge in [0.1, 0.15) is 5.52 Å². The van der Waals surface area contributed by atoms with E-state index in [2.05, 4.69) is 31.3 Å². The van der Waals surface area contributed by atoms with Crippen LogP contribution in [0.25, 0.3) is 5.52 Å². The van der Waals surface area contributed by atoms with E-state index < -0.39 is 0 Å². The molecule has 2 atom stereocenters. The van der Waals surface area contributed by atoms with Gasteiger partial charge in [0, 0.05) is 19.0 Å². The number of rotatable bonds is 4. The minimum Gasteiger partial charge on any atom is -0.376 e. The number of fused-ring (bicyclic) bond motifs is 1. The number of nitrogens with zero attached hydrogens (tertiary/aromatic N) is 3. The van der Waals surface area contributed by atoms with E-state index in [0.717, 1.165) is 34.8 Å². The molecule has 1 saturated carbocycles. The number of hydrogen-bond donors (Lipinski definition) is 1. The van der Waals surface area contributed by atoms with Crippen molar-refractivity contribution in [2.24, 2.45) is 5.92 Å². The van der Waals surface area contributed by atoms with E-state index in [0.29, 0.717) is 12.1 Å². The van der Waals surface area contributed by atoms with Crippen LogP contribution in [0, 0.1) is 5.92 Å². The van der Waals surface area contributed by atoms with E-state index in [9.17, 15) is 0 Å². The molecular formula is C15H19BrN4O. The van der Waals surface area contributed by atoms with Crippen molar-refractivity contribution in [1.82, 2.24) is 14.6 Å². The summed E-state index contributed by atoms with van der Waals surface area (Å²) < 4.78 is 8.83. The van der Waals surface area contributed by atoms with Crippen LogP contribution < -0.4 is 5.32 Å². The van der Waals surface area contributed by atoms with Crippen molar-refractivity contribution in [2.75, 3.05) is 11.9 Å². The summed E-state index contributed by atoms with van der Waals surface area (Å²) in [5, 5.41) is 7.97. The lowest BCUT2D eigenvalue weighted by atomic mass is 9.98. The Kier molecular flexibility index (Phi) is 3.59. The molecule has 2 fully saturated rings. The third-order valence-corrected chi connectivity index (χ3v) is 5.02. The molecule has 112 valence electrons. The summed E-state index contributed by atoms with van der Waals surface area (Å²) in [6, 6.07) is 0.366. The van der Waals surface area contributed by atoms with Gasteiger partial charge < -0.3 is 10.1 Å². The Balaban J connectivity index is 1.63. The second kappa shape index (κ2) is 5.57. The Morgan fingerprint density at radius 1 is 1.33 bits per heavy atom. The molecule has 0 aromatic carbocycles. The zero-order valence-electron chi connectivity index (χ0n) is 11.8. The van der Waals surface area contributed by atoms with Crippen LogP contribution in [-0.2, 0) is 4.74 Å². The second-order valence-electron chi connectivity index (χ2n) is 5.97. The summed E-state index contributed by atoms with van der Waals surface area (Å²) in [4.78, 5) is 4.53. The lowest BCUT2D eigenvalue weighted by Gasteiger charge is -2.31. The van der Waals surface area contributed by atoms with Gasteiger partial charge in [-0.1, -0.05) is 0 Å². The zero-order chi connectivity index (χ0) is 14.2. The Morgan fingerprint density at radius 3 is 3.00 bits per heavy atom. The summed E-state index contributed by atoms with van der Waals surface area (Å²) in [7, 11) is 0. The minimum absolute atomic E-state index is 0.315. The van der Waals surface area contributed by atoms with Crippen LogP contribution >= 0.6 is 15.9 Å². The van der Waals surface area contributed by atoms with Gasteiger partial charge in [-0.2, -0.15) is 5.10 Å². The SMILES string of the molecule is Brc1cnn2ccnc(NC(C3CC3)C3CCCCO3)c12. The molecule has 3 heterocycles. The molecule has 2 aliphatic rings. The van der Waals surface area contributed by atoms with Crippen molar-refractivity contribution in [3.8, 4) is 0 Å². The zero-order valence-corrected chi connectivity index (χ0v) is 13.4. The van der Waals surface area contributed by atoms with E-state index in [-0.39, 0.29) is 0 Å². The monoisotopic (exact) mass is 350 g/mol. The molecule has 21 heavy (non-hydrogen) atoms. The number of aromatic nitrogens is 3. The summed E-state index contributed by atoms with van der Waals surface area (Å²) >= 11 is 3.56. The quantitative estimate of drug-likeness (QED) is 0.919. The largest absolute Gasteiger partial charge is 0.376 e. The predicted octanol–water partition coefficient (Wildman–Crippen LogP) is 3.25. The number of ether oxygens (including phenoxy) is 1. The van der Waals surface area contributed by atoms with Crippen molar-refractivity contribution in [1.29, 1.82) is 0 Å². The number of nitrogens with one attached hydrogen (secondary N) is 1. The first-order chi connectivity index (χ1) is 10.3. The summed E-state index contributed by atoms with van der Waals surface area (Å²) in [6.45, 7) is 0.892. The molecule has 2 unspecified atom stereocenters. The summed E-state index contributed by atoms with van der Waals surface area (Å²) in [6.07, 6.45) is 12.0. The maximum Gasteiger partial charge on any atom is 0.153 e. The van der Waals surface area contributed by atoms with Crippen molar-refractivity contribution in [2.45, 2.75) is 44.2 Å². The van der Waals surface area contributed by atoms with E-state index >= 15 is 0 Å². The van der Waals surface area contributed by atoms with Gasteiger partial charge in [0.05, 0.1) is 22.8 Å². The molecule has 4 rings (SSSR count). The van der Waals surface area contributed by atoms with Crippen molar-refractivity contribution in [3.05, 3.63) is 23.1 Å².